The Bertz CT molecular complexity index is 804. The molecule has 0 aliphatic carbocycles. The first kappa shape index (κ1) is 26.9. The van der Waals surface area contributed by atoms with Gasteiger partial charge in [0.15, 0.2) is 6.54 Å². The number of nitrogens with zero attached hydrogens (tertiary/aromatic N) is 1. The first-order chi connectivity index (χ1) is 15.9. The lowest BCUT2D eigenvalue weighted by Gasteiger charge is -2.29. The molecular weight excluding hydrogens is 410 g/mol. The van der Waals surface area contributed by atoms with Crippen LogP contribution >= 0.6 is 0 Å². The highest BCUT2D eigenvalue weighted by Crippen LogP contribution is 2.19. The van der Waals surface area contributed by atoms with Gasteiger partial charge in [-0.15, -0.1) is 0 Å². The van der Waals surface area contributed by atoms with Crippen molar-refractivity contribution in [2.45, 2.75) is 84.5 Å². The third-order valence-corrected chi connectivity index (χ3v) is 5.84. The van der Waals surface area contributed by atoms with Gasteiger partial charge in [0.1, 0.15) is 12.3 Å². The summed E-state index contributed by atoms with van der Waals surface area (Å²) in [5.41, 5.74) is 2.49. The van der Waals surface area contributed by atoms with Crippen molar-refractivity contribution >= 4 is 5.97 Å². The summed E-state index contributed by atoms with van der Waals surface area (Å²) in [4.78, 5) is 12.6. The average molecular weight is 455 g/mol. The summed E-state index contributed by atoms with van der Waals surface area (Å²) in [6.07, 6.45) is 10.3. The van der Waals surface area contributed by atoms with Crippen molar-refractivity contribution in [2.75, 3.05) is 20.6 Å². The summed E-state index contributed by atoms with van der Waals surface area (Å²) in [6.45, 7) is 5.30. The van der Waals surface area contributed by atoms with Crippen LogP contribution in [0.1, 0.15) is 76.3 Å². The summed E-state index contributed by atoms with van der Waals surface area (Å²) in [7, 11) is 4.09. The number of hydrogen-bond acceptors (Lipinski definition) is 3. The Morgan fingerprint density at radius 1 is 0.848 bits per heavy atom. The topological polar surface area (TPSA) is 35.5 Å². The molecule has 2 aromatic rings. The van der Waals surface area contributed by atoms with Crippen molar-refractivity contribution in [3.8, 4) is 5.75 Å². The molecule has 0 saturated carbocycles. The summed E-state index contributed by atoms with van der Waals surface area (Å²) >= 11 is 0. The van der Waals surface area contributed by atoms with Gasteiger partial charge in [0.05, 0.1) is 14.1 Å². The van der Waals surface area contributed by atoms with E-state index in [4.69, 9.17) is 9.47 Å². The molecule has 0 aliphatic rings. The Morgan fingerprint density at radius 3 is 2.21 bits per heavy atom. The number of carbonyl (C=O) groups excluding carboxylic acids is 1. The normalized spacial score (nSPS) is 12.4. The van der Waals surface area contributed by atoms with E-state index in [9.17, 15) is 4.79 Å². The molecule has 0 amide bonds. The highest BCUT2D eigenvalue weighted by molar-refractivity contribution is 5.70. The number of quaternary nitrogens is 1. The Morgan fingerprint density at radius 2 is 1.52 bits per heavy atom. The van der Waals surface area contributed by atoms with E-state index in [1.54, 1.807) is 0 Å². The van der Waals surface area contributed by atoms with E-state index in [2.05, 4.69) is 31.2 Å². The van der Waals surface area contributed by atoms with E-state index in [1.165, 1.54) is 56.1 Å². The minimum atomic E-state index is -0.567. The third-order valence-electron chi connectivity index (χ3n) is 5.84. The summed E-state index contributed by atoms with van der Waals surface area (Å²) < 4.78 is 12.2. The van der Waals surface area contributed by atoms with Gasteiger partial charge in [-0.05, 0) is 30.5 Å². The van der Waals surface area contributed by atoms with E-state index in [0.29, 0.717) is 17.4 Å². The van der Waals surface area contributed by atoms with E-state index < -0.39 is 6.29 Å². The monoisotopic (exact) mass is 454 g/mol. The number of aryl methyl sites for hydroxylation is 1. The van der Waals surface area contributed by atoms with E-state index in [1.807, 2.05) is 51.4 Å². The van der Waals surface area contributed by atoms with Crippen LogP contribution in [0.25, 0.3) is 0 Å². The number of likely N-dealkylation sites (N-methyl/N-ethyl adjacent to an activating group) is 1. The molecule has 4 nitrogen and oxygen atoms in total. The minimum Gasteiger partial charge on any atom is -0.455 e. The minimum absolute atomic E-state index is 0.234. The Balaban J connectivity index is 1.78. The van der Waals surface area contributed by atoms with Gasteiger partial charge < -0.3 is 14.0 Å². The fourth-order valence-corrected chi connectivity index (χ4v) is 4.07. The maximum atomic E-state index is 12.6. The van der Waals surface area contributed by atoms with Gasteiger partial charge >= 0.3 is 5.97 Å². The van der Waals surface area contributed by atoms with Crippen molar-refractivity contribution in [1.29, 1.82) is 0 Å². The van der Waals surface area contributed by atoms with Gasteiger partial charge in [-0.3, -0.25) is 0 Å². The van der Waals surface area contributed by atoms with Gasteiger partial charge in [-0.1, -0.05) is 94.8 Å². The molecule has 2 rings (SSSR count). The van der Waals surface area contributed by atoms with Gasteiger partial charge in [-0.2, -0.15) is 0 Å². The first-order valence-electron chi connectivity index (χ1n) is 12.7. The molecule has 4 heteroatoms. The second-order valence-corrected chi connectivity index (χ2v) is 9.70. The number of hydrogen-bond donors (Lipinski definition) is 0. The van der Waals surface area contributed by atoms with Crippen LogP contribution < -0.4 is 4.74 Å². The molecular formula is C29H44NO3+. The molecule has 0 spiro atoms. The zero-order valence-corrected chi connectivity index (χ0v) is 21.2. The SMILES string of the molecule is CCCCCCCCCc1cccc(OC(CC)OC(=O)C[N+](C)(C)Cc2ccccc2)c1. The maximum Gasteiger partial charge on any atom is 0.364 e. The summed E-state index contributed by atoms with van der Waals surface area (Å²) in [5, 5.41) is 0. The molecule has 33 heavy (non-hydrogen) atoms. The molecule has 0 aliphatic heterocycles. The number of esters is 1. The quantitative estimate of drug-likeness (QED) is 0.120. The second-order valence-electron chi connectivity index (χ2n) is 9.70. The third kappa shape index (κ3) is 11.4. The Kier molecular flexibility index (Phi) is 12.0. The van der Waals surface area contributed by atoms with Crippen molar-refractivity contribution in [3.63, 3.8) is 0 Å². The fourth-order valence-electron chi connectivity index (χ4n) is 4.07. The molecule has 0 fully saturated rings. The molecule has 0 aromatic heterocycles. The molecule has 0 bridgehead atoms. The van der Waals surface area contributed by atoms with Crippen LogP contribution in [0.2, 0.25) is 0 Å². The zero-order chi connectivity index (χ0) is 23.9. The first-order valence-corrected chi connectivity index (χ1v) is 12.7. The molecule has 1 atom stereocenters. The number of benzene rings is 2. The van der Waals surface area contributed by atoms with Crippen LogP contribution in [0.5, 0.6) is 5.75 Å². The Labute approximate surface area is 201 Å². The predicted octanol–water partition coefficient (Wildman–Crippen LogP) is 6.91. The van der Waals surface area contributed by atoms with Gasteiger partial charge in [0.2, 0.25) is 6.29 Å². The standard InChI is InChI=1S/C29H44NO3/c1-5-7-8-9-10-11-13-17-25-20-16-21-27(22-25)32-29(6-2)33-28(31)24-30(3,4)23-26-18-14-12-15-19-26/h12,14-16,18-22,29H,5-11,13,17,23-24H2,1-4H3/q+1. The lowest BCUT2D eigenvalue weighted by atomic mass is 10.0. The van der Waals surface area contributed by atoms with Crippen LogP contribution in [0.4, 0.5) is 0 Å². The molecule has 1 unspecified atom stereocenters. The smallest absolute Gasteiger partial charge is 0.364 e. The Hall–Kier alpha value is -2.33. The van der Waals surface area contributed by atoms with E-state index in [0.717, 1.165) is 18.7 Å². The number of carbonyl (C=O) groups is 1. The highest BCUT2D eigenvalue weighted by atomic mass is 16.7. The molecule has 0 N–H and O–H groups in total. The molecule has 0 saturated heterocycles. The largest absolute Gasteiger partial charge is 0.455 e. The highest BCUT2D eigenvalue weighted by Gasteiger charge is 2.24. The van der Waals surface area contributed by atoms with Crippen LogP contribution in [0.3, 0.4) is 0 Å². The summed E-state index contributed by atoms with van der Waals surface area (Å²) in [5.74, 6) is 0.537. The van der Waals surface area contributed by atoms with Gasteiger partial charge in [0.25, 0.3) is 0 Å². The fraction of sp³-hybridized carbons (Fsp3) is 0.552. The number of rotatable bonds is 16. The number of unbranched alkanes of at least 4 members (excludes halogenated alkanes) is 6. The van der Waals surface area contributed by atoms with Crippen LogP contribution in [-0.4, -0.2) is 37.4 Å². The van der Waals surface area contributed by atoms with Crippen LogP contribution in [-0.2, 0) is 22.5 Å². The predicted molar refractivity (Wildman–Crippen MR) is 136 cm³/mol. The van der Waals surface area contributed by atoms with Gasteiger partial charge in [-0.25, -0.2) is 4.79 Å². The molecule has 0 radical (unpaired) electrons. The average Bonchev–Trinajstić information content (AvgIpc) is 2.78. The molecule has 0 heterocycles. The van der Waals surface area contributed by atoms with E-state index >= 15 is 0 Å². The van der Waals surface area contributed by atoms with Crippen molar-refractivity contribution in [1.82, 2.24) is 0 Å². The zero-order valence-electron chi connectivity index (χ0n) is 21.2. The van der Waals surface area contributed by atoms with Crippen molar-refractivity contribution < 1.29 is 18.8 Å². The maximum absolute atomic E-state index is 12.6. The van der Waals surface area contributed by atoms with Crippen LogP contribution in [0.15, 0.2) is 54.6 Å². The van der Waals surface area contributed by atoms with Crippen molar-refractivity contribution in [2.24, 2.45) is 0 Å². The van der Waals surface area contributed by atoms with E-state index in [-0.39, 0.29) is 5.97 Å². The van der Waals surface area contributed by atoms with Crippen molar-refractivity contribution in [3.05, 3.63) is 65.7 Å². The number of ether oxygens (including phenoxy) is 2. The lowest BCUT2D eigenvalue weighted by molar-refractivity contribution is -0.896. The van der Waals surface area contributed by atoms with Gasteiger partial charge in [0, 0.05) is 12.0 Å². The summed E-state index contributed by atoms with van der Waals surface area (Å²) in [6, 6.07) is 18.4. The van der Waals surface area contributed by atoms with Crippen LogP contribution in [0, 0.1) is 0 Å². The second kappa shape index (κ2) is 14.7. The lowest BCUT2D eigenvalue weighted by Crippen LogP contribution is -2.44. The molecule has 2 aromatic carbocycles. The molecule has 182 valence electrons.